The number of alkyl halides is 2. The number of benzene rings is 1. The van der Waals surface area contributed by atoms with Gasteiger partial charge in [-0.05, 0) is 0 Å². The van der Waals surface area contributed by atoms with Crippen molar-refractivity contribution in [2.45, 2.75) is 6.61 Å². The van der Waals surface area contributed by atoms with E-state index >= 15 is 0 Å². The minimum Gasteiger partial charge on any atom is -0.493 e. The van der Waals surface area contributed by atoms with Crippen molar-refractivity contribution in [2.75, 3.05) is 7.11 Å². The van der Waals surface area contributed by atoms with Crippen LogP contribution in [0.4, 0.5) is 8.78 Å². The fraction of sp³-hybridized carbons (Fsp3) is 0.222. The van der Waals surface area contributed by atoms with Crippen molar-refractivity contribution in [2.24, 2.45) is 0 Å². The summed E-state index contributed by atoms with van der Waals surface area (Å²) in [6, 6.07) is 2.96. The monoisotopic (exact) mass is 214 g/mol. The van der Waals surface area contributed by atoms with Gasteiger partial charge in [0.15, 0.2) is 11.5 Å². The Bertz CT molecular complexity index is 470. The number of hydrogen-bond acceptors (Lipinski definition) is 3. The van der Waals surface area contributed by atoms with Crippen molar-refractivity contribution in [1.82, 2.24) is 9.97 Å². The molecule has 0 atom stereocenters. The summed E-state index contributed by atoms with van der Waals surface area (Å²) < 4.78 is 33.3. The first kappa shape index (κ1) is 9.70. The van der Waals surface area contributed by atoms with Gasteiger partial charge in [-0.3, -0.25) is 0 Å². The highest BCUT2D eigenvalue weighted by molar-refractivity contribution is 5.79. The Balaban J connectivity index is 2.49. The Morgan fingerprint density at radius 3 is 2.80 bits per heavy atom. The third kappa shape index (κ3) is 1.83. The maximum atomic E-state index is 12.1. The minimum atomic E-state index is -2.88. The Morgan fingerprint density at radius 2 is 2.13 bits per heavy atom. The van der Waals surface area contributed by atoms with Crippen LogP contribution in [0.25, 0.3) is 11.0 Å². The Labute approximate surface area is 83.8 Å². The summed E-state index contributed by atoms with van der Waals surface area (Å²) in [6.07, 6.45) is 1.47. The summed E-state index contributed by atoms with van der Waals surface area (Å²) >= 11 is 0. The highest BCUT2D eigenvalue weighted by atomic mass is 19.3. The zero-order chi connectivity index (χ0) is 10.8. The summed E-state index contributed by atoms with van der Waals surface area (Å²) in [5.74, 6) is 0.221. The molecule has 0 aliphatic carbocycles. The molecule has 6 heteroatoms. The quantitative estimate of drug-likeness (QED) is 0.851. The smallest absolute Gasteiger partial charge is 0.387 e. The lowest BCUT2D eigenvalue weighted by Gasteiger charge is -2.09. The van der Waals surface area contributed by atoms with Gasteiger partial charge in [0.2, 0.25) is 0 Å². The van der Waals surface area contributed by atoms with E-state index in [1.165, 1.54) is 25.6 Å². The van der Waals surface area contributed by atoms with E-state index in [4.69, 9.17) is 4.74 Å². The molecule has 0 saturated heterocycles. The number of H-pyrrole nitrogens is 1. The fourth-order valence-corrected chi connectivity index (χ4v) is 1.29. The van der Waals surface area contributed by atoms with Gasteiger partial charge in [-0.1, -0.05) is 0 Å². The first-order chi connectivity index (χ1) is 7.20. The van der Waals surface area contributed by atoms with Crippen LogP contribution < -0.4 is 9.47 Å². The summed E-state index contributed by atoms with van der Waals surface area (Å²) in [4.78, 5) is 6.76. The number of hydrogen-bond donors (Lipinski definition) is 1. The molecule has 0 radical (unpaired) electrons. The molecule has 1 heterocycles. The molecule has 2 rings (SSSR count). The van der Waals surface area contributed by atoms with Crippen molar-refractivity contribution in [1.29, 1.82) is 0 Å². The predicted octanol–water partition coefficient (Wildman–Crippen LogP) is 2.17. The molecule has 0 fully saturated rings. The van der Waals surface area contributed by atoms with Crippen LogP contribution in [0.15, 0.2) is 18.5 Å². The normalized spacial score (nSPS) is 10.9. The van der Waals surface area contributed by atoms with Crippen LogP contribution in [-0.2, 0) is 0 Å². The number of nitrogens with one attached hydrogen (secondary N) is 1. The van der Waals surface area contributed by atoms with Crippen LogP contribution in [0.5, 0.6) is 11.5 Å². The van der Waals surface area contributed by atoms with E-state index < -0.39 is 6.61 Å². The number of imidazole rings is 1. The van der Waals surface area contributed by atoms with E-state index in [1.54, 1.807) is 0 Å². The van der Waals surface area contributed by atoms with Gasteiger partial charge < -0.3 is 14.5 Å². The number of aromatic nitrogens is 2. The molecule has 0 aliphatic rings. The molecule has 0 amide bonds. The average molecular weight is 214 g/mol. The van der Waals surface area contributed by atoms with Gasteiger partial charge in [0, 0.05) is 12.1 Å². The van der Waals surface area contributed by atoms with E-state index in [2.05, 4.69) is 14.7 Å². The standard InChI is InChI=1S/C9H8F2N2O2/c1-14-7-2-5-6(13-4-12-5)3-8(7)15-9(10)11/h2-4,9H,1H3,(H,12,13). The molecule has 4 nitrogen and oxygen atoms in total. The third-order valence-corrected chi connectivity index (χ3v) is 1.92. The maximum Gasteiger partial charge on any atom is 0.387 e. The second-order valence-corrected chi connectivity index (χ2v) is 2.80. The van der Waals surface area contributed by atoms with Gasteiger partial charge in [0.05, 0.1) is 24.5 Å². The number of fused-ring (bicyclic) bond motifs is 1. The summed E-state index contributed by atoms with van der Waals surface area (Å²) in [6.45, 7) is -2.88. The molecule has 0 bridgehead atoms. The van der Waals surface area contributed by atoms with Gasteiger partial charge >= 0.3 is 6.61 Å². The van der Waals surface area contributed by atoms with Crippen LogP contribution in [0, 0.1) is 0 Å². The van der Waals surface area contributed by atoms with E-state index in [-0.39, 0.29) is 11.5 Å². The number of rotatable bonds is 3. The second kappa shape index (κ2) is 3.72. The first-order valence-electron chi connectivity index (χ1n) is 4.16. The zero-order valence-electron chi connectivity index (χ0n) is 7.83. The molecular weight excluding hydrogens is 206 g/mol. The van der Waals surface area contributed by atoms with Gasteiger partial charge in [0.25, 0.3) is 0 Å². The zero-order valence-corrected chi connectivity index (χ0v) is 7.83. The van der Waals surface area contributed by atoms with Crippen LogP contribution >= 0.6 is 0 Å². The average Bonchev–Trinajstić information content (AvgIpc) is 2.62. The molecule has 80 valence electrons. The maximum absolute atomic E-state index is 12.1. The minimum absolute atomic E-state index is 0.00995. The Hall–Kier alpha value is -1.85. The van der Waals surface area contributed by atoms with Crippen molar-refractivity contribution in [3.63, 3.8) is 0 Å². The van der Waals surface area contributed by atoms with Crippen molar-refractivity contribution >= 4 is 11.0 Å². The molecule has 1 aromatic carbocycles. The topological polar surface area (TPSA) is 47.1 Å². The molecule has 0 spiro atoms. The number of nitrogens with zero attached hydrogens (tertiary/aromatic N) is 1. The molecule has 1 N–H and O–H groups in total. The second-order valence-electron chi connectivity index (χ2n) is 2.80. The van der Waals surface area contributed by atoms with Crippen molar-refractivity contribution in [3.8, 4) is 11.5 Å². The number of halogens is 2. The van der Waals surface area contributed by atoms with Crippen molar-refractivity contribution < 1.29 is 18.3 Å². The molecule has 0 unspecified atom stereocenters. The number of ether oxygens (including phenoxy) is 2. The first-order valence-corrected chi connectivity index (χ1v) is 4.16. The number of methoxy groups -OCH3 is 1. The molecule has 0 saturated carbocycles. The summed E-state index contributed by atoms with van der Waals surface area (Å²) in [5.41, 5.74) is 1.25. The molecule has 0 aliphatic heterocycles. The summed E-state index contributed by atoms with van der Waals surface area (Å²) in [5, 5.41) is 0. The van der Waals surface area contributed by atoms with Gasteiger partial charge in [-0.2, -0.15) is 8.78 Å². The highest BCUT2D eigenvalue weighted by Gasteiger charge is 2.12. The number of aromatic amines is 1. The lowest BCUT2D eigenvalue weighted by Crippen LogP contribution is -2.03. The van der Waals surface area contributed by atoms with Crippen LogP contribution in [0.2, 0.25) is 0 Å². The Morgan fingerprint density at radius 1 is 1.33 bits per heavy atom. The van der Waals surface area contributed by atoms with E-state index in [0.717, 1.165) is 0 Å². The SMILES string of the molecule is COc1cc2nc[nH]c2cc1OC(F)F. The highest BCUT2D eigenvalue weighted by Crippen LogP contribution is 2.31. The van der Waals surface area contributed by atoms with E-state index in [1.807, 2.05) is 0 Å². The molecule has 15 heavy (non-hydrogen) atoms. The molecule has 1 aromatic heterocycles. The van der Waals surface area contributed by atoms with Gasteiger partial charge in [-0.15, -0.1) is 0 Å². The Kier molecular flexibility index (Phi) is 2.40. The molecular formula is C9H8F2N2O2. The van der Waals surface area contributed by atoms with E-state index in [0.29, 0.717) is 11.0 Å². The lowest BCUT2D eigenvalue weighted by molar-refractivity contribution is -0.0511. The van der Waals surface area contributed by atoms with Crippen molar-refractivity contribution in [3.05, 3.63) is 18.5 Å². The molecule has 2 aromatic rings. The van der Waals surface area contributed by atoms with Gasteiger partial charge in [0.1, 0.15) is 0 Å². The fourth-order valence-electron chi connectivity index (χ4n) is 1.29. The van der Waals surface area contributed by atoms with E-state index in [9.17, 15) is 8.78 Å². The lowest BCUT2D eigenvalue weighted by atomic mass is 10.3. The summed E-state index contributed by atoms with van der Waals surface area (Å²) in [7, 11) is 1.38. The third-order valence-electron chi connectivity index (χ3n) is 1.92. The van der Waals surface area contributed by atoms with Crippen LogP contribution in [-0.4, -0.2) is 23.7 Å². The largest absolute Gasteiger partial charge is 0.493 e. The van der Waals surface area contributed by atoms with Crippen LogP contribution in [0.1, 0.15) is 0 Å². The predicted molar refractivity (Wildman–Crippen MR) is 49.3 cm³/mol. The van der Waals surface area contributed by atoms with Gasteiger partial charge in [-0.25, -0.2) is 4.98 Å². The van der Waals surface area contributed by atoms with Crippen LogP contribution in [0.3, 0.4) is 0 Å².